The second kappa shape index (κ2) is 8.05. The van der Waals surface area contributed by atoms with E-state index in [1.54, 1.807) is 47.2 Å². The second-order valence-corrected chi connectivity index (χ2v) is 8.52. The van der Waals surface area contributed by atoms with Gasteiger partial charge in [-0.2, -0.15) is 9.61 Å². The Morgan fingerprint density at radius 2 is 1.79 bits per heavy atom. The van der Waals surface area contributed by atoms with E-state index in [0.29, 0.717) is 32.9 Å². The fourth-order valence-corrected chi connectivity index (χ4v) is 4.49. The monoisotopic (exact) mass is 465 g/mol. The Morgan fingerprint density at radius 3 is 2.65 bits per heavy atom. The third-order valence-electron chi connectivity index (χ3n) is 5.35. The highest BCUT2D eigenvalue weighted by Gasteiger charge is 2.12. The van der Waals surface area contributed by atoms with Gasteiger partial charge in [-0.05, 0) is 42.0 Å². The van der Waals surface area contributed by atoms with Crippen LogP contribution in [-0.4, -0.2) is 25.7 Å². The maximum absolute atomic E-state index is 12.8. The van der Waals surface area contributed by atoms with E-state index < -0.39 is 5.63 Å². The van der Waals surface area contributed by atoms with Gasteiger partial charge in [-0.3, -0.25) is 4.79 Å². The highest BCUT2D eigenvalue weighted by Crippen LogP contribution is 2.27. The molecule has 8 nitrogen and oxygen atoms in total. The number of hydrogen-bond donors (Lipinski definition) is 1. The summed E-state index contributed by atoms with van der Waals surface area (Å²) in [7, 11) is 0. The summed E-state index contributed by atoms with van der Waals surface area (Å²) in [5, 5.41) is 16.8. The minimum absolute atomic E-state index is 0.257. The van der Waals surface area contributed by atoms with Gasteiger partial charge in [-0.15, -0.1) is 10.2 Å². The Morgan fingerprint density at radius 1 is 0.941 bits per heavy atom. The Bertz CT molecular complexity index is 1710. The van der Waals surface area contributed by atoms with Crippen molar-refractivity contribution in [3.63, 3.8) is 0 Å². The Hall–Kier alpha value is -4.63. The van der Waals surface area contributed by atoms with Crippen LogP contribution in [0.25, 0.3) is 37.6 Å². The van der Waals surface area contributed by atoms with Gasteiger partial charge >= 0.3 is 5.63 Å². The van der Waals surface area contributed by atoms with E-state index in [-0.39, 0.29) is 5.91 Å². The molecule has 1 N–H and O–H groups in total. The van der Waals surface area contributed by atoms with Crippen LogP contribution in [0.2, 0.25) is 0 Å². The smallest absolute Gasteiger partial charge is 0.344 e. The lowest BCUT2D eigenvalue weighted by atomic mass is 10.0. The molecule has 9 heteroatoms. The summed E-state index contributed by atoms with van der Waals surface area (Å²) >= 11 is 1.41. The SMILES string of the molecule is O=C(Nc1cccc(-c2nn3cnnc3s2)c1)c1ccc(-c2cc3ccccc3oc2=O)cc1. The van der Waals surface area contributed by atoms with Crippen molar-refractivity contribution in [3.8, 4) is 21.7 Å². The molecule has 34 heavy (non-hydrogen) atoms. The van der Waals surface area contributed by atoms with E-state index in [0.717, 1.165) is 16.0 Å². The first-order chi connectivity index (χ1) is 16.6. The van der Waals surface area contributed by atoms with Crippen LogP contribution in [0.3, 0.4) is 0 Å². The van der Waals surface area contributed by atoms with Crippen molar-refractivity contribution in [2.45, 2.75) is 0 Å². The van der Waals surface area contributed by atoms with Gasteiger partial charge in [0.05, 0.1) is 5.56 Å². The number of rotatable bonds is 4. The zero-order valence-electron chi connectivity index (χ0n) is 17.5. The largest absolute Gasteiger partial charge is 0.422 e. The number of aromatic nitrogens is 4. The third kappa shape index (κ3) is 3.63. The second-order valence-electron chi connectivity index (χ2n) is 7.56. The number of anilines is 1. The van der Waals surface area contributed by atoms with Crippen molar-refractivity contribution >= 4 is 38.9 Å². The zero-order valence-corrected chi connectivity index (χ0v) is 18.3. The lowest BCUT2D eigenvalue weighted by molar-refractivity contribution is 0.102. The van der Waals surface area contributed by atoms with Crippen LogP contribution >= 0.6 is 11.3 Å². The maximum atomic E-state index is 12.8. The Labute approximate surface area is 196 Å². The van der Waals surface area contributed by atoms with E-state index in [1.165, 1.54) is 11.3 Å². The first-order valence-electron chi connectivity index (χ1n) is 10.4. The molecule has 0 saturated heterocycles. The normalized spacial score (nSPS) is 11.2. The van der Waals surface area contributed by atoms with Crippen LogP contribution in [0, 0.1) is 0 Å². The quantitative estimate of drug-likeness (QED) is 0.372. The van der Waals surface area contributed by atoms with Gasteiger partial charge < -0.3 is 9.73 Å². The van der Waals surface area contributed by atoms with E-state index in [1.807, 2.05) is 42.5 Å². The lowest BCUT2D eigenvalue weighted by Crippen LogP contribution is -2.12. The van der Waals surface area contributed by atoms with Crippen molar-refractivity contribution in [2.75, 3.05) is 5.32 Å². The van der Waals surface area contributed by atoms with E-state index in [9.17, 15) is 9.59 Å². The predicted molar refractivity (Wildman–Crippen MR) is 130 cm³/mol. The summed E-state index contributed by atoms with van der Waals surface area (Å²) in [5.41, 5.74) is 3.23. The fourth-order valence-electron chi connectivity index (χ4n) is 3.67. The molecule has 0 bridgehead atoms. The molecule has 0 saturated carbocycles. The number of hydrogen-bond acceptors (Lipinski definition) is 7. The lowest BCUT2D eigenvalue weighted by Gasteiger charge is -2.08. The summed E-state index contributed by atoms with van der Waals surface area (Å²) in [6, 6.07) is 23.5. The van der Waals surface area contributed by atoms with E-state index >= 15 is 0 Å². The van der Waals surface area contributed by atoms with Crippen LogP contribution in [0.1, 0.15) is 10.4 Å². The van der Waals surface area contributed by atoms with Gasteiger partial charge in [-0.25, -0.2) is 4.79 Å². The molecule has 6 rings (SSSR count). The number of nitrogens with zero attached hydrogens (tertiary/aromatic N) is 4. The molecule has 0 aliphatic heterocycles. The Kier molecular flexibility index (Phi) is 4.74. The molecule has 0 fully saturated rings. The molecule has 3 heterocycles. The number of para-hydroxylation sites is 1. The Balaban J connectivity index is 1.23. The van der Waals surface area contributed by atoms with Crippen molar-refractivity contribution in [1.82, 2.24) is 19.8 Å². The molecule has 3 aromatic carbocycles. The molecular weight excluding hydrogens is 450 g/mol. The summed E-state index contributed by atoms with van der Waals surface area (Å²) in [5.74, 6) is -0.257. The molecule has 3 aromatic heterocycles. The van der Waals surface area contributed by atoms with E-state index in [4.69, 9.17) is 4.42 Å². The zero-order chi connectivity index (χ0) is 23.1. The van der Waals surface area contributed by atoms with Crippen LogP contribution in [0.4, 0.5) is 5.69 Å². The van der Waals surface area contributed by atoms with Crippen molar-refractivity contribution in [2.24, 2.45) is 0 Å². The molecule has 0 radical (unpaired) electrons. The molecule has 0 unspecified atom stereocenters. The highest BCUT2D eigenvalue weighted by atomic mass is 32.1. The van der Waals surface area contributed by atoms with Crippen molar-refractivity contribution < 1.29 is 9.21 Å². The van der Waals surface area contributed by atoms with Gasteiger partial charge in [-0.1, -0.05) is 53.8 Å². The number of benzene rings is 3. The van der Waals surface area contributed by atoms with Crippen LogP contribution in [0.15, 0.2) is 94.4 Å². The van der Waals surface area contributed by atoms with Crippen LogP contribution in [-0.2, 0) is 0 Å². The van der Waals surface area contributed by atoms with Crippen LogP contribution < -0.4 is 10.9 Å². The first kappa shape index (κ1) is 20.0. The topological polar surface area (TPSA) is 102 Å². The van der Waals surface area contributed by atoms with Gasteiger partial charge in [0.15, 0.2) is 0 Å². The van der Waals surface area contributed by atoms with Gasteiger partial charge in [0.2, 0.25) is 4.96 Å². The van der Waals surface area contributed by atoms with Gasteiger partial charge in [0.1, 0.15) is 16.9 Å². The minimum Gasteiger partial charge on any atom is -0.422 e. The standard InChI is InChI=1S/C25H15N5O3S/c31-22(27-19-6-3-5-18(12-19)23-29-30-14-26-28-25(30)34-23)16-10-8-15(9-11-16)20-13-17-4-1-2-7-21(17)33-24(20)32/h1-14H,(H,27,31). The van der Waals surface area contributed by atoms with Crippen molar-refractivity contribution in [3.05, 3.63) is 101 Å². The molecule has 6 aromatic rings. The number of amides is 1. The molecule has 0 spiro atoms. The molecule has 1 amide bonds. The maximum Gasteiger partial charge on any atom is 0.344 e. The highest BCUT2D eigenvalue weighted by molar-refractivity contribution is 7.19. The molecule has 0 atom stereocenters. The molecule has 0 aliphatic carbocycles. The van der Waals surface area contributed by atoms with Gasteiger partial charge in [0.25, 0.3) is 5.91 Å². The van der Waals surface area contributed by atoms with Gasteiger partial charge in [0, 0.05) is 22.2 Å². The first-order valence-corrected chi connectivity index (χ1v) is 11.2. The summed E-state index contributed by atoms with van der Waals surface area (Å²) in [6.07, 6.45) is 1.55. The van der Waals surface area contributed by atoms with E-state index in [2.05, 4.69) is 20.6 Å². The fraction of sp³-hybridized carbons (Fsp3) is 0. The molecular formula is C25H15N5O3S. The third-order valence-corrected chi connectivity index (χ3v) is 6.32. The average molecular weight is 465 g/mol. The summed E-state index contributed by atoms with van der Waals surface area (Å²) in [6.45, 7) is 0. The number of nitrogens with one attached hydrogen (secondary N) is 1. The van der Waals surface area contributed by atoms with Crippen LogP contribution in [0.5, 0.6) is 0 Å². The minimum atomic E-state index is -0.418. The number of carbonyl (C=O) groups is 1. The predicted octanol–water partition coefficient (Wildman–Crippen LogP) is 4.88. The number of fused-ring (bicyclic) bond motifs is 2. The van der Waals surface area contributed by atoms with Crippen molar-refractivity contribution in [1.29, 1.82) is 0 Å². The summed E-state index contributed by atoms with van der Waals surface area (Å²) in [4.78, 5) is 25.9. The summed E-state index contributed by atoms with van der Waals surface area (Å²) < 4.78 is 7.03. The molecule has 164 valence electrons. The number of carbonyl (C=O) groups excluding carboxylic acids is 1. The molecule has 0 aliphatic rings. The average Bonchev–Trinajstić information content (AvgIpc) is 3.47.